The highest BCUT2D eigenvalue weighted by Crippen LogP contribution is 2.19. The molecule has 22 heavy (non-hydrogen) atoms. The third kappa shape index (κ3) is 4.53. The van der Waals surface area contributed by atoms with E-state index >= 15 is 0 Å². The van der Waals surface area contributed by atoms with Gasteiger partial charge in [-0.25, -0.2) is 0 Å². The molecule has 2 atom stereocenters. The van der Waals surface area contributed by atoms with Crippen LogP contribution in [-0.2, 0) is 16.1 Å². The Hall–Kier alpha value is -1.43. The first-order valence-corrected chi connectivity index (χ1v) is 7.88. The number of piperidine rings is 1. The Morgan fingerprint density at radius 2 is 2.14 bits per heavy atom. The Morgan fingerprint density at radius 1 is 1.41 bits per heavy atom. The molecule has 0 aromatic heterocycles. The quantitative estimate of drug-likeness (QED) is 0.854. The molecule has 2 N–H and O–H groups in total. The lowest BCUT2D eigenvalue weighted by Gasteiger charge is -2.38. The molecule has 2 unspecified atom stereocenters. The minimum atomic E-state index is 0.137. The van der Waals surface area contributed by atoms with Gasteiger partial charge in [0.05, 0.1) is 12.6 Å². The summed E-state index contributed by atoms with van der Waals surface area (Å²) in [7, 11) is 3.60. The number of carbonyl (C=O) groups is 1. The average molecular weight is 305 g/mol. The van der Waals surface area contributed by atoms with Crippen molar-refractivity contribution in [3.8, 4) is 0 Å². The molecule has 1 saturated heterocycles. The molecule has 0 saturated carbocycles. The van der Waals surface area contributed by atoms with Crippen LogP contribution in [0.4, 0.5) is 0 Å². The number of nitrogens with two attached hydrogens (primary N) is 1. The first-order valence-electron chi connectivity index (χ1n) is 7.88. The Morgan fingerprint density at radius 3 is 2.77 bits per heavy atom. The van der Waals surface area contributed by atoms with E-state index in [1.807, 2.05) is 37.4 Å². The summed E-state index contributed by atoms with van der Waals surface area (Å²) < 4.78 is 5.43. The van der Waals surface area contributed by atoms with Crippen molar-refractivity contribution >= 4 is 5.91 Å². The van der Waals surface area contributed by atoms with Crippen molar-refractivity contribution in [3.05, 3.63) is 35.9 Å². The topological polar surface area (TPSA) is 58.8 Å². The van der Waals surface area contributed by atoms with Gasteiger partial charge >= 0.3 is 0 Å². The largest absolute Gasteiger partial charge is 0.381 e. The number of benzene rings is 1. The van der Waals surface area contributed by atoms with Crippen molar-refractivity contribution in [2.24, 2.45) is 5.73 Å². The van der Waals surface area contributed by atoms with Crippen LogP contribution in [0, 0.1) is 0 Å². The number of rotatable bonds is 6. The van der Waals surface area contributed by atoms with Crippen molar-refractivity contribution < 1.29 is 9.53 Å². The van der Waals surface area contributed by atoms with E-state index in [0.29, 0.717) is 19.6 Å². The van der Waals surface area contributed by atoms with Gasteiger partial charge in [-0.1, -0.05) is 30.3 Å². The number of carbonyl (C=O) groups excluding carboxylic acids is 1. The third-order valence-electron chi connectivity index (χ3n) is 4.42. The highest BCUT2D eigenvalue weighted by molar-refractivity contribution is 5.78. The molecule has 1 aromatic rings. The number of likely N-dealkylation sites (N-methyl/N-ethyl adjacent to an activating group) is 1. The van der Waals surface area contributed by atoms with Crippen LogP contribution < -0.4 is 5.73 Å². The summed E-state index contributed by atoms with van der Waals surface area (Å²) in [6.45, 7) is 2.50. The molecule has 0 spiro atoms. The van der Waals surface area contributed by atoms with Gasteiger partial charge in [-0.05, 0) is 18.4 Å². The van der Waals surface area contributed by atoms with Crippen LogP contribution in [0.15, 0.2) is 30.3 Å². The first-order chi connectivity index (χ1) is 10.6. The summed E-state index contributed by atoms with van der Waals surface area (Å²) in [4.78, 5) is 16.4. The zero-order valence-electron chi connectivity index (χ0n) is 13.6. The van der Waals surface area contributed by atoms with Crippen LogP contribution in [0.5, 0.6) is 0 Å². The zero-order chi connectivity index (χ0) is 15.9. The van der Waals surface area contributed by atoms with E-state index in [-0.39, 0.29) is 18.1 Å². The fourth-order valence-electron chi connectivity index (χ4n) is 2.97. The lowest BCUT2D eigenvalue weighted by atomic mass is 9.99. The van der Waals surface area contributed by atoms with Crippen LogP contribution in [-0.4, -0.2) is 61.6 Å². The summed E-state index contributed by atoms with van der Waals surface area (Å²) >= 11 is 0. The molecule has 1 aliphatic rings. The van der Waals surface area contributed by atoms with Crippen LogP contribution in [0.2, 0.25) is 0 Å². The molecule has 1 fully saturated rings. The van der Waals surface area contributed by atoms with Gasteiger partial charge in [-0.2, -0.15) is 0 Å². The number of ether oxygens (including phenoxy) is 1. The summed E-state index contributed by atoms with van der Waals surface area (Å²) in [5.74, 6) is 0.137. The number of amides is 1. The SMILES string of the molecule is COC1CCN(CC(=O)N(C)Cc2ccccc2)C(CN)C1. The molecule has 1 amide bonds. The minimum Gasteiger partial charge on any atom is -0.381 e. The van der Waals surface area contributed by atoms with Crippen molar-refractivity contribution in [1.82, 2.24) is 9.80 Å². The van der Waals surface area contributed by atoms with Crippen molar-refractivity contribution in [3.63, 3.8) is 0 Å². The van der Waals surface area contributed by atoms with Crippen LogP contribution in [0.1, 0.15) is 18.4 Å². The van der Waals surface area contributed by atoms with Gasteiger partial charge in [0, 0.05) is 39.8 Å². The van der Waals surface area contributed by atoms with E-state index < -0.39 is 0 Å². The van der Waals surface area contributed by atoms with E-state index in [4.69, 9.17) is 10.5 Å². The van der Waals surface area contributed by atoms with Gasteiger partial charge < -0.3 is 15.4 Å². The highest BCUT2D eigenvalue weighted by atomic mass is 16.5. The number of methoxy groups -OCH3 is 1. The number of hydrogen-bond donors (Lipinski definition) is 1. The van der Waals surface area contributed by atoms with Gasteiger partial charge in [0.1, 0.15) is 0 Å². The van der Waals surface area contributed by atoms with Crippen molar-refractivity contribution in [2.75, 3.05) is 33.8 Å². The summed E-state index contributed by atoms with van der Waals surface area (Å²) in [5, 5.41) is 0. The molecule has 1 heterocycles. The van der Waals surface area contributed by atoms with Gasteiger partial charge in [0.25, 0.3) is 0 Å². The minimum absolute atomic E-state index is 0.137. The average Bonchev–Trinajstić information content (AvgIpc) is 2.56. The maximum atomic E-state index is 12.4. The lowest BCUT2D eigenvalue weighted by Crippen LogP contribution is -2.51. The fourth-order valence-corrected chi connectivity index (χ4v) is 2.97. The molecule has 5 nitrogen and oxygen atoms in total. The standard InChI is InChI=1S/C17H27N3O2/c1-19(12-14-6-4-3-5-7-14)17(21)13-20-9-8-16(22-2)10-15(20)11-18/h3-7,15-16H,8-13,18H2,1-2H3. The van der Waals surface area contributed by atoms with Gasteiger partial charge in [-0.3, -0.25) is 9.69 Å². The molecule has 0 aliphatic carbocycles. The van der Waals surface area contributed by atoms with Crippen molar-refractivity contribution in [2.45, 2.75) is 31.5 Å². The third-order valence-corrected chi connectivity index (χ3v) is 4.42. The lowest BCUT2D eigenvalue weighted by molar-refractivity contribution is -0.133. The number of nitrogens with zero attached hydrogens (tertiary/aromatic N) is 2. The van der Waals surface area contributed by atoms with E-state index in [2.05, 4.69) is 4.90 Å². The molecule has 2 rings (SSSR count). The maximum Gasteiger partial charge on any atom is 0.236 e. The van der Waals surface area contributed by atoms with Crippen LogP contribution in [0.25, 0.3) is 0 Å². The van der Waals surface area contributed by atoms with Gasteiger partial charge in [-0.15, -0.1) is 0 Å². The van der Waals surface area contributed by atoms with E-state index in [1.165, 1.54) is 0 Å². The Labute approximate surface area is 133 Å². The second kappa shape index (κ2) is 8.27. The Balaban J connectivity index is 1.87. The second-order valence-electron chi connectivity index (χ2n) is 5.98. The normalized spacial score (nSPS) is 22.5. The number of likely N-dealkylation sites (tertiary alicyclic amines) is 1. The fraction of sp³-hybridized carbons (Fsp3) is 0.588. The van der Waals surface area contributed by atoms with Gasteiger partial charge in [0.15, 0.2) is 0 Å². The van der Waals surface area contributed by atoms with Crippen molar-refractivity contribution in [1.29, 1.82) is 0 Å². The summed E-state index contributed by atoms with van der Waals surface area (Å²) in [6, 6.07) is 10.3. The smallest absolute Gasteiger partial charge is 0.236 e. The molecule has 5 heteroatoms. The Kier molecular flexibility index (Phi) is 6.36. The summed E-state index contributed by atoms with van der Waals surface area (Å²) in [6.07, 6.45) is 2.13. The Bertz CT molecular complexity index is 466. The van der Waals surface area contributed by atoms with E-state index in [0.717, 1.165) is 24.9 Å². The maximum absolute atomic E-state index is 12.4. The molecule has 1 aromatic carbocycles. The van der Waals surface area contributed by atoms with E-state index in [9.17, 15) is 4.79 Å². The monoisotopic (exact) mass is 305 g/mol. The number of hydrogen-bond acceptors (Lipinski definition) is 4. The van der Waals surface area contributed by atoms with Gasteiger partial charge in [0.2, 0.25) is 5.91 Å². The second-order valence-corrected chi connectivity index (χ2v) is 5.98. The predicted molar refractivity (Wildman–Crippen MR) is 87.4 cm³/mol. The molecular formula is C17H27N3O2. The zero-order valence-corrected chi connectivity index (χ0v) is 13.6. The summed E-state index contributed by atoms with van der Waals surface area (Å²) in [5.41, 5.74) is 7.01. The highest BCUT2D eigenvalue weighted by Gasteiger charge is 2.29. The van der Waals surface area contributed by atoms with E-state index in [1.54, 1.807) is 12.0 Å². The predicted octanol–water partition coefficient (Wildman–Crippen LogP) is 1.08. The molecule has 122 valence electrons. The first kappa shape index (κ1) is 16.9. The molecular weight excluding hydrogens is 278 g/mol. The van der Waals surface area contributed by atoms with Crippen LogP contribution >= 0.6 is 0 Å². The van der Waals surface area contributed by atoms with Crippen LogP contribution in [0.3, 0.4) is 0 Å². The molecule has 1 aliphatic heterocycles. The molecule has 0 bridgehead atoms. The molecule has 0 radical (unpaired) electrons.